The summed E-state index contributed by atoms with van der Waals surface area (Å²) in [6, 6.07) is -1.72. The van der Waals surface area contributed by atoms with E-state index in [1.165, 1.54) is 0 Å². The van der Waals surface area contributed by atoms with Crippen molar-refractivity contribution in [2.75, 3.05) is 52.9 Å². The Hall–Kier alpha value is -2.13. The lowest BCUT2D eigenvalue weighted by atomic mass is 9.95. The lowest BCUT2D eigenvalue weighted by Crippen LogP contribution is -2.69. The summed E-state index contributed by atoms with van der Waals surface area (Å²) in [7, 11) is 0. The Morgan fingerprint density at radius 3 is 0.946 bits per heavy atom. The van der Waals surface area contributed by atoms with Crippen molar-refractivity contribution < 1.29 is 204 Å². The molecule has 8 rings (SSSR count). The summed E-state index contributed by atoms with van der Waals surface area (Å²) in [5.41, 5.74) is 0. The Kier molecular flexibility index (Phi) is 26.9. The highest BCUT2D eigenvalue weighted by Gasteiger charge is 2.59. The maximum absolute atomic E-state index is 12.2. The van der Waals surface area contributed by atoms with Crippen LogP contribution in [-0.4, -0.2) is 432 Å². The third-order valence-corrected chi connectivity index (χ3v) is 17.0. The van der Waals surface area contributed by atoms with Crippen LogP contribution < -0.4 is 5.32 Å². The monoisotopic (exact) mass is 1360 g/mol. The molecule has 0 unspecified atom stereocenters. The van der Waals surface area contributed by atoms with Crippen LogP contribution in [0.1, 0.15) is 6.92 Å². The highest BCUT2D eigenvalue weighted by Crippen LogP contribution is 2.38. The van der Waals surface area contributed by atoms with Crippen LogP contribution in [0.15, 0.2) is 0 Å². The number of hydrogen-bond acceptors (Lipinski definition) is 41. The maximum Gasteiger partial charge on any atom is 0.217 e. The molecule has 0 aromatic carbocycles. The normalized spacial score (nSPS) is 52.2. The predicted octanol–water partition coefficient (Wildman–Crippen LogP) is -18.3. The fraction of sp³-hybridized carbons (Fsp3) is 0.980. The van der Waals surface area contributed by atoms with E-state index < -0.39 is 304 Å². The third-order valence-electron chi connectivity index (χ3n) is 17.0. The largest absolute Gasteiger partial charge is 0.394 e. The molecule has 26 N–H and O–H groups in total. The number of hydrogen-bond donors (Lipinski definition) is 26. The summed E-state index contributed by atoms with van der Waals surface area (Å²) < 4.78 is 86.1. The van der Waals surface area contributed by atoms with Crippen LogP contribution in [0.25, 0.3) is 0 Å². The zero-order chi connectivity index (χ0) is 67.6. The topological polar surface area (TPSA) is 673 Å². The van der Waals surface area contributed by atoms with Gasteiger partial charge in [0.15, 0.2) is 50.3 Å². The summed E-state index contributed by atoms with van der Waals surface area (Å²) >= 11 is 0. The minimum absolute atomic E-state index is 0.824. The van der Waals surface area contributed by atoms with Gasteiger partial charge in [-0.1, -0.05) is 0 Å². The van der Waals surface area contributed by atoms with E-state index in [2.05, 4.69) is 5.32 Å². The Bertz CT molecular complexity index is 2260. The first-order chi connectivity index (χ1) is 43.5. The van der Waals surface area contributed by atoms with Crippen molar-refractivity contribution in [2.24, 2.45) is 0 Å². The zero-order valence-electron chi connectivity index (χ0n) is 48.5. The Morgan fingerprint density at radius 1 is 0.283 bits per heavy atom. The van der Waals surface area contributed by atoms with Crippen molar-refractivity contribution in [3.05, 3.63) is 0 Å². The third kappa shape index (κ3) is 16.0. The van der Waals surface area contributed by atoms with Gasteiger partial charge in [0, 0.05) is 6.92 Å². The van der Waals surface area contributed by atoms with Gasteiger partial charge in [0.25, 0.3) is 0 Å². The number of ether oxygens (including phenoxy) is 15. The summed E-state index contributed by atoms with van der Waals surface area (Å²) in [6.45, 7) is -7.30. The minimum Gasteiger partial charge on any atom is -0.394 e. The molecule has 536 valence electrons. The molecule has 8 saturated heterocycles. The van der Waals surface area contributed by atoms with E-state index >= 15 is 0 Å². The maximum atomic E-state index is 12.2. The fourth-order valence-electron chi connectivity index (χ4n) is 11.6. The molecule has 8 aliphatic rings. The van der Waals surface area contributed by atoms with Gasteiger partial charge in [-0.15, -0.1) is 0 Å². The number of aliphatic hydroxyl groups excluding tert-OH is 25. The SMILES string of the molecule is CC(=O)N[C@@H]1[C@@H](O)[C@H](O[C@@H]2O[C@H](CO[C@H]3O[C@H](CO[C@H]4O[C@H](CO)[C@@H](O)[C@H](O)[C@@H]4O)[C@@H](O)[C@H](O[C@H]4O[C@H](CO)[C@@H](O)[C@H](O)[C@@H]4O[C@H]4O[C@H](CO)[C@@H](O)[C@H](O)[C@@H]4O)[C@@H]3O)[C@@H](O)[C@H](O[C@H]3O[C@H](CO)[C@@H](O)[C@H](O)[C@@H]3O[C@H]3O[C@H](CO)[C@@H](O)[C@H](O)[C@H]3O)[C@@H]2O)[C@@H](CO)O[C@H]1O. The number of amides is 1. The molecular formula is C50H85NO41. The first-order valence-corrected chi connectivity index (χ1v) is 29.2. The quantitative estimate of drug-likeness (QED) is 0.0452. The predicted molar refractivity (Wildman–Crippen MR) is 276 cm³/mol. The Balaban J connectivity index is 1.12. The van der Waals surface area contributed by atoms with Gasteiger partial charge in [0.2, 0.25) is 5.91 Å². The van der Waals surface area contributed by atoms with Gasteiger partial charge in [-0.3, -0.25) is 4.79 Å². The van der Waals surface area contributed by atoms with E-state index in [1.54, 1.807) is 0 Å². The summed E-state index contributed by atoms with van der Waals surface area (Å²) in [5.74, 6) is -0.824. The van der Waals surface area contributed by atoms with E-state index in [1.807, 2.05) is 0 Å². The van der Waals surface area contributed by atoms with Gasteiger partial charge in [-0.25, -0.2) is 0 Å². The van der Waals surface area contributed by atoms with E-state index in [9.17, 15) is 132 Å². The van der Waals surface area contributed by atoms with Gasteiger partial charge in [-0.2, -0.15) is 0 Å². The number of aliphatic hydroxyl groups is 25. The van der Waals surface area contributed by atoms with Crippen molar-refractivity contribution in [1.82, 2.24) is 5.32 Å². The van der Waals surface area contributed by atoms with Crippen molar-refractivity contribution in [3.8, 4) is 0 Å². The zero-order valence-corrected chi connectivity index (χ0v) is 48.5. The molecular weight excluding hydrogens is 1270 g/mol. The van der Waals surface area contributed by atoms with Gasteiger partial charge < -0.3 is 204 Å². The number of nitrogens with one attached hydrogen (secondary N) is 1. The van der Waals surface area contributed by atoms with Crippen LogP contribution in [0.4, 0.5) is 0 Å². The lowest BCUT2D eigenvalue weighted by molar-refractivity contribution is -0.400. The van der Waals surface area contributed by atoms with Gasteiger partial charge >= 0.3 is 0 Å². The first-order valence-electron chi connectivity index (χ1n) is 29.2. The molecule has 40 atom stereocenters. The summed E-state index contributed by atoms with van der Waals surface area (Å²) in [5, 5.41) is 273. The van der Waals surface area contributed by atoms with Crippen molar-refractivity contribution in [2.45, 2.75) is 253 Å². The molecule has 0 saturated carbocycles. The van der Waals surface area contributed by atoms with E-state index in [4.69, 9.17) is 71.1 Å². The number of rotatable bonds is 23. The van der Waals surface area contributed by atoms with Crippen LogP contribution in [0.5, 0.6) is 0 Å². The van der Waals surface area contributed by atoms with E-state index in [-0.39, 0.29) is 0 Å². The van der Waals surface area contributed by atoms with Crippen LogP contribution in [0.2, 0.25) is 0 Å². The molecule has 42 nitrogen and oxygen atoms in total. The highest BCUT2D eigenvalue weighted by molar-refractivity contribution is 5.73. The summed E-state index contributed by atoms with van der Waals surface area (Å²) in [4.78, 5) is 12.2. The molecule has 0 aromatic heterocycles. The molecule has 8 aliphatic heterocycles. The fourth-order valence-corrected chi connectivity index (χ4v) is 11.6. The second-order valence-electron chi connectivity index (χ2n) is 23.2. The van der Waals surface area contributed by atoms with Crippen LogP contribution in [-0.2, 0) is 75.8 Å². The Labute approximate surface area is 519 Å². The first kappa shape index (κ1) is 75.6. The Morgan fingerprint density at radius 2 is 0.565 bits per heavy atom. The molecule has 1 amide bonds. The van der Waals surface area contributed by atoms with Crippen molar-refractivity contribution in [3.63, 3.8) is 0 Å². The standard InChI is InChI=1S/C50H85NO41/c1-10(58)51-19-27(66)38(16(7-57)80-43(19)77)88-48-37(76)40(90-50-42(32(71)24(63)15(6-56)85-50)92-47-35(74)30(69)22(61)13(4-54)83-47)26(65)18(87-48)9-79-45-36(75)39(25(64)17(86-45)8-78-44-33(72)28(67)20(59)11(2-52)81-44)89-49-41(31(70)23(62)14(5-55)84-49)91-46-34(73)29(68)21(60)12(3-53)82-46/h11-50,52-57,59-77H,2-9H2,1H3,(H,51,58)/t11-,12-,13-,14-,15-,16-,17-,18-,19-,20-,21-,22-,23-,24-,25-,26-,27-,28+,29+,30+,31+,32+,33+,34+,35-,36+,37+,38-,39+,40+,41+,42+,43-,44+,45+,46-,47-,48+,49-,50-/m1/s1. The molecule has 92 heavy (non-hydrogen) atoms. The van der Waals surface area contributed by atoms with Crippen LogP contribution in [0, 0.1) is 0 Å². The molecule has 42 heteroatoms. The number of carbonyl (C=O) groups is 1. The van der Waals surface area contributed by atoms with Crippen molar-refractivity contribution >= 4 is 5.91 Å². The minimum atomic E-state index is -2.43. The molecule has 8 heterocycles. The van der Waals surface area contributed by atoms with E-state index in [0.29, 0.717) is 0 Å². The molecule has 0 aliphatic carbocycles. The van der Waals surface area contributed by atoms with Gasteiger partial charge in [0.1, 0.15) is 195 Å². The molecule has 0 aromatic rings. The smallest absolute Gasteiger partial charge is 0.217 e. The number of carbonyl (C=O) groups excluding carboxylic acids is 1. The molecule has 0 spiro atoms. The molecule has 0 radical (unpaired) electrons. The van der Waals surface area contributed by atoms with Crippen LogP contribution >= 0.6 is 0 Å². The molecule has 0 bridgehead atoms. The van der Waals surface area contributed by atoms with Gasteiger partial charge in [0.05, 0.1) is 52.9 Å². The van der Waals surface area contributed by atoms with Crippen LogP contribution in [0.3, 0.4) is 0 Å². The lowest BCUT2D eigenvalue weighted by Gasteiger charge is -2.50. The second-order valence-corrected chi connectivity index (χ2v) is 23.2. The van der Waals surface area contributed by atoms with Crippen molar-refractivity contribution in [1.29, 1.82) is 0 Å². The average Bonchev–Trinajstić information content (AvgIpc) is 0.838. The average molecular weight is 1360 g/mol. The molecule has 8 fully saturated rings. The summed E-state index contributed by atoms with van der Waals surface area (Å²) in [6.07, 6.45) is -80.8. The second kappa shape index (κ2) is 32.7. The van der Waals surface area contributed by atoms with Gasteiger partial charge in [-0.05, 0) is 0 Å². The van der Waals surface area contributed by atoms with E-state index in [0.717, 1.165) is 6.92 Å². The highest BCUT2D eigenvalue weighted by atomic mass is 16.8.